The average Bonchev–Trinajstić information content (AvgIpc) is 2.35. The van der Waals surface area contributed by atoms with Crippen LogP contribution in [-0.4, -0.2) is 32.1 Å². The summed E-state index contributed by atoms with van der Waals surface area (Å²) in [5.41, 5.74) is 5.81. The van der Waals surface area contributed by atoms with E-state index in [4.69, 9.17) is 0 Å². The van der Waals surface area contributed by atoms with Gasteiger partial charge in [-0.25, -0.2) is 0 Å². The Morgan fingerprint density at radius 1 is 1.16 bits per heavy atom. The topological polar surface area (TPSA) is 15.3 Å². The molecule has 2 nitrogen and oxygen atoms in total. The molecule has 2 rings (SSSR count). The SMILES string of the molecule is CNCC1CCCN(C)C1c1cc(C)c(C)cc1C. The van der Waals surface area contributed by atoms with Gasteiger partial charge in [0, 0.05) is 6.04 Å². The van der Waals surface area contributed by atoms with Gasteiger partial charge in [0.2, 0.25) is 0 Å². The zero-order valence-electron chi connectivity index (χ0n) is 13.1. The van der Waals surface area contributed by atoms with Crippen molar-refractivity contribution in [3.8, 4) is 0 Å². The summed E-state index contributed by atoms with van der Waals surface area (Å²) in [6.45, 7) is 9.04. The van der Waals surface area contributed by atoms with Gasteiger partial charge in [-0.15, -0.1) is 0 Å². The third kappa shape index (κ3) is 3.01. The molecule has 1 aliphatic heterocycles. The Kier molecular flexibility index (Phi) is 4.64. The van der Waals surface area contributed by atoms with Crippen LogP contribution in [0.2, 0.25) is 0 Å². The number of likely N-dealkylation sites (tertiary alicyclic amines) is 1. The van der Waals surface area contributed by atoms with Crippen molar-refractivity contribution in [3.05, 3.63) is 34.4 Å². The van der Waals surface area contributed by atoms with Gasteiger partial charge in [0.25, 0.3) is 0 Å². The fraction of sp³-hybridized carbons (Fsp3) is 0.647. The lowest BCUT2D eigenvalue weighted by Gasteiger charge is -2.40. The van der Waals surface area contributed by atoms with Crippen LogP contribution in [0.3, 0.4) is 0 Å². The highest BCUT2D eigenvalue weighted by Gasteiger charge is 2.31. The molecule has 0 saturated carbocycles. The summed E-state index contributed by atoms with van der Waals surface area (Å²) in [6, 6.07) is 5.34. The Balaban J connectivity index is 2.38. The second-order valence-electron chi connectivity index (χ2n) is 6.18. The van der Waals surface area contributed by atoms with E-state index < -0.39 is 0 Å². The molecule has 0 aromatic heterocycles. The second kappa shape index (κ2) is 6.06. The number of benzene rings is 1. The fourth-order valence-electron chi connectivity index (χ4n) is 3.53. The van der Waals surface area contributed by atoms with Gasteiger partial charge in [0.05, 0.1) is 0 Å². The van der Waals surface area contributed by atoms with Crippen molar-refractivity contribution in [2.45, 2.75) is 39.7 Å². The van der Waals surface area contributed by atoms with E-state index in [1.54, 1.807) is 0 Å². The second-order valence-corrected chi connectivity index (χ2v) is 6.18. The maximum absolute atomic E-state index is 3.38. The van der Waals surface area contributed by atoms with Crippen LogP contribution < -0.4 is 5.32 Å². The van der Waals surface area contributed by atoms with Crippen LogP contribution in [0.5, 0.6) is 0 Å². The van der Waals surface area contributed by atoms with E-state index in [2.05, 4.69) is 57.2 Å². The maximum Gasteiger partial charge on any atom is 0.0388 e. The summed E-state index contributed by atoms with van der Waals surface area (Å²) in [5, 5.41) is 3.38. The van der Waals surface area contributed by atoms with Crippen LogP contribution in [0, 0.1) is 26.7 Å². The standard InChI is InChI=1S/C17H28N2/c1-12-9-14(3)16(10-13(12)2)17-15(11-18-4)7-6-8-19(17)5/h9-10,15,17-18H,6-8,11H2,1-5H3. The lowest BCUT2D eigenvalue weighted by molar-refractivity contribution is 0.120. The lowest BCUT2D eigenvalue weighted by atomic mass is 9.82. The molecule has 19 heavy (non-hydrogen) atoms. The number of hydrogen-bond donors (Lipinski definition) is 1. The van der Waals surface area contributed by atoms with Crippen molar-refractivity contribution in [1.82, 2.24) is 10.2 Å². The number of nitrogens with zero attached hydrogens (tertiary/aromatic N) is 1. The Hall–Kier alpha value is -0.860. The Morgan fingerprint density at radius 3 is 2.53 bits per heavy atom. The number of piperidine rings is 1. The van der Waals surface area contributed by atoms with Gasteiger partial charge in [-0.3, -0.25) is 4.90 Å². The molecule has 1 heterocycles. The van der Waals surface area contributed by atoms with E-state index in [1.807, 2.05) is 0 Å². The predicted molar refractivity (Wildman–Crippen MR) is 82.7 cm³/mol. The van der Waals surface area contributed by atoms with Crippen molar-refractivity contribution in [3.63, 3.8) is 0 Å². The Morgan fingerprint density at radius 2 is 1.84 bits per heavy atom. The van der Waals surface area contributed by atoms with Crippen LogP contribution in [0.1, 0.15) is 41.1 Å². The third-order valence-electron chi connectivity index (χ3n) is 4.67. The molecule has 1 aromatic rings. The minimum Gasteiger partial charge on any atom is -0.319 e. The lowest BCUT2D eigenvalue weighted by Crippen LogP contribution is -2.40. The quantitative estimate of drug-likeness (QED) is 0.897. The van der Waals surface area contributed by atoms with E-state index in [-0.39, 0.29) is 0 Å². The molecular weight excluding hydrogens is 232 g/mol. The van der Waals surface area contributed by atoms with Gasteiger partial charge < -0.3 is 5.32 Å². The van der Waals surface area contributed by atoms with E-state index in [0.29, 0.717) is 6.04 Å². The molecule has 0 radical (unpaired) electrons. The van der Waals surface area contributed by atoms with Gasteiger partial charge in [-0.05, 0) is 89.0 Å². The third-order valence-corrected chi connectivity index (χ3v) is 4.67. The summed E-state index contributed by atoms with van der Waals surface area (Å²) in [5.74, 6) is 0.726. The molecule has 1 fully saturated rings. The highest BCUT2D eigenvalue weighted by Crippen LogP contribution is 2.37. The zero-order chi connectivity index (χ0) is 14.0. The molecule has 1 aliphatic rings. The monoisotopic (exact) mass is 260 g/mol. The highest BCUT2D eigenvalue weighted by molar-refractivity contribution is 5.38. The van der Waals surface area contributed by atoms with Crippen LogP contribution in [0.4, 0.5) is 0 Å². The maximum atomic E-state index is 3.38. The first kappa shape index (κ1) is 14.5. The summed E-state index contributed by atoms with van der Waals surface area (Å²) < 4.78 is 0. The van der Waals surface area contributed by atoms with Gasteiger partial charge in [0.1, 0.15) is 0 Å². The average molecular weight is 260 g/mol. The smallest absolute Gasteiger partial charge is 0.0388 e. The number of hydrogen-bond acceptors (Lipinski definition) is 2. The number of rotatable bonds is 3. The summed E-state index contributed by atoms with van der Waals surface area (Å²) in [6.07, 6.45) is 2.66. The van der Waals surface area contributed by atoms with E-state index in [0.717, 1.165) is 12.5 Å². The molecule has 0 spiro atoms. The molecule has 1 N–H and O–H groups in total. The van der Waals surface area contributed by atoms with Gasteiger partial charge >= 0.3 is 0 Å². The Labute approximate surface area is 118 Å². The molecule has 0 bridgehead atoms. The molecule has 106 valence electrons. The predicted octanol–water partition coefficient (Wildman–Crippen LogP) is 3.21. The number of aryl methyl sites for hydroxylation is 3. The normalized spacial score (nSPS) is 24.7. The van der Waals surface area contributed by atoms with E-state index in [9.17, 15) is 0 Å². The first-order valence-corrected chi connectivity index (χ1v) is 7.47. The Bertz CT molecular complexity index is 437. The van der Waals surface area contributed by atoms with Crippen molar-refractivity contribution in [2.24, 2.45) is 5.92 Å². The molecule has 0 aliphatic carbocycles. The summed E-state index contributed by atoms with van der Waals surface area (Å²) >= 11 is 0. The van der Waals surface area contributed by atoms with Crippen LogP contribution in [-0.2, 0) is 0 Å². The molecule has 2 unspecified atom stereocenters. The first-order chi connectivity index (χ1) is 9.04. The molecule has 2 heteroatoms. The molecule has 1 saturated heterocycles. The highest BCUT2D eigenvalue weighted by atomic mass is 15.1. The molecular formula is C17H28N2. The van der Waals surface area contributed by atoms with Crippen molar-refractivity contribution in [2.75, 3.05) is 27.2 Å². The van der Waals surface area contributed by atoms with Crippen molar-refractivity contribution >= 4 is 0 Å². The van der Waals surface area contributed by atoms with Crippen LogP contribution >= 0.6 is 0 Å². The zero-order valence-corrected chi connectivity index (χ0v) is 13.1. The van der Waals surface area contributed by atoms with E-state index in [1.165, 1.54) is 41.6 Å². The van der Waals surface area contributed by atoms with Crippen LogP contribution in [0.25, 0.3) is 0 Å². The van der Waals surface area contributed by atoms with Gasteiger partial charge in [-0.1, -0.05) is 12.1 Å². The van der Waals surface area contributed by atoms with Crippen LogP contribution in [0.15, 0.2) is 12.1 Å². The number of nitrogens with one attached hydrogen (secondary N) is 1. The first-order valence-electron chi connectivity index (χ1n) is 7.47. The largest absolute Gasteiger partial charge is 0.319 e. The van der Waals surface area contributed by atoms with Crippen molar-refractivity contribution in [1.29, 1.82) is 0 Å². The molecule has 2 atom stereocenters. The summed E-state index contributed by atoms with van der Waals surface area (Å²) in [7, 11) is 4.35. The summed E-state index contributed by atoms with van der Waals surface area (Å²) in [4.78, 5) is 2.54. The van der Waals surface area contributed by atoms with E-state index >= 15 is 0 Å². The van der Waals surface area contributed by atoms with Gasteiger partial charge in [0.15, 0.2) is 0 Å². The minimum absolute atomic E-state index is 0.570. The molecule has 0 amide bonds. The minimum atomic E-state index is 0.570. The van der Waals surface area contributed by atoms with Crippen molar-refractivity contribution < 1.29 is 0 Å². The van der Waals surface area contributed by atoms with Gasteiger partial charge in [-0.2, -0.15) is 0 Å². The molecule has 1 aromatic carbocycles. The fourth-order valence-corrected chi connectivity index (χ4v) is 3.53.